The van der Waals surface area contributed by atoms with Crippen molar-refractivity contribution in [1.29, 1.82) is 0 Å². The maximum atomic E-state index is 12.6. The summed E-state index contributed by atoms with van der Waals surface area (Å²) in [5.74, 6) is -1.09. The molecule has 1 aromatic heterocycles. The van der Waals surface area contributed by atoms with Crippen LogP contribution in [0.4, 0.5) is 19.0 Å². The van der Waals surface area contributed by atoms with Gasteiger partial charge in [0.05, 0.1) is 0 Å². The van der Waals surface area contributed by atoms with Gasteiger partial charge >= 0.3 is 12.1 Å². The number of pyridine rings is 1. The first-order valence-electron chi connectivity index (χ1n) is 4.26. The lowest BCUT2D eigenvalue weighted by molar-refractivity contribution is -0.222. The number of halogens is 3. The smallest absolute Gasteiger partial charge is 0.429 e. The molecule has 0 fully saturated rings. The molecule has 1 atom stereocenters. The first-order valence-corrected chi connectivity index (χ1v) is 4.26. The van der Waals surface area contributed by atoms with E-state index < -0.39 is 18.2 Å². The molecule has 0 amide bonds. The minimum atomic E-state index is -4.68. The molecule has 1 heterocycles. The van der Waals surface area contributed by atoms with Gasteiger partial charge in [0.15, 0.2) is 0 Å². The van der Waals surface area contributed by atoms with Gasteiger partial charge in [-0.1, -0.05) is 0 Å². The Hall–Kier alpha value is -1.79. The van der Waals surface area contributed by atoms with Crippen LogP contribution in [0.5, 0.6) is 0 Å². The molecule has 0 aliphatic carbocycles. The minimum absolute atomic E-state index is 0.0705. The Balaban J connectivity index is 3.06. The molecule has 0 radical (unpaired) electrons. The highest BCUT2D eigenvalue weighted by Crippen LogP contribution is 2.36. The molecule has 0 unspecified atom stereocenters. The Kier molecular flexibility index (Phi) is 3.36. The monoisotopic (exact) mass is 234 g/mol. The third kappa shape index (κ3) is 3.11. The second-order valence-electron chi connectivity index (χ2n) is 3.05. The van der Waals surface area contributed by atoms with Gasteiger partial charge in [0, 0.05) is 18.7 Å². The van der Waals surface area contributed by atoms with Crippen LogP contribution >= 0.6 is 0 Å². The molecule has 0 aliphatic heterocycles. The second kappa shape index (κ2) is 4.38. The number of hydrogen-bond acceptors (Lipinski definition) is 4. The van der Waals surface area contributed by atoms with E-state index in [1.54, 1.807) is 0 Å². The molecule has 7 heteroatoms. The van der Waals surface area contributed by atoms with E-state index in [4.69, 9.17) is 5.73 Å². The van der Waals surface area contributed by atoms with Crippen LogP contribution in [0.15, 0.2) is 18.3 Å². The van der Waals surface area contributed by atoms with Crippen LogP contribution in [-0.4, -0.2) is 17.1 Å². The highest BCUT2D eigenvalue weighted by atomic mass is 19.4. The van der Waals surface area contributed by atoms with E-state index in [0.717, 1.165) is 25.3 Å². The van der Waals surface area contributed by atoms with Gasteiger partial charge in [-0.2, -0.15) is 13.2 Å². The third-order valence-electron chi connectivity index (χ3n) is 1.69. The predicted octanol–water partition coefficient (Wildman–Crippen LogP) is 1.83. The lowest BCUT2D eigenvalue weighted by atomic mass is 10.1. The van der Waals surface area contributed by atoms with Gasteiger partial charge in [0.2, 0.25) is 6.10 Å². The van der Waals surface area contributed by atoms with E-state index in [1.807, 2.05) is 0 Å². The van der Waals surface area contributed by atoms with Gasteiger partial charge < -0.3 is 10.5 Å². The first-order chi connectivity index (χ1) is 7.30. The molecule has 0 aliphatic rings. The summed E-state index contributed by atoms with van der Waals surface area (Å²) in [5, 5.41) is 0. The van der Waals surface area contributed by atoms with Crippen molar-refractivity contribution >= 4 is 11.8 Å². The van der Waals surface area contributed by atoms with Crippen molar-refractivity contribution < 1.29 is 22.7 Å². The van der Waals surface area contributed by atoms with Crippen molar-refractivity contribution in [2.24, 2.45) is 0 Å². The molecule has 1 rings (SSSR count). The van der Waals surface area contributed by atoms with E-state index in [-0.39, 0.29) is 11.4 Å². The van der Waals surface area contributed by atoms with Crippen molar-refractivity contribution in [1.82, 2.24) is 4.98 Å². The highest BCUT2D eigenvalue weighted by Gasteiger charge is 2.43. The molecule has 88 valence electrons. The van der Waals surface area contributed by atoms with Crippen LogP contribution in [0.25, 0.3) is 0 Å². The van der Waals surface area contributed by atoms with Crippen LogP contribution in [0.3, 0.4) is 0 Å². The summed E-state index contributed by atoms with van der Waals surface area (Å²) in [5.41, 5.74) is 5.00. The fourth-order valence-corrected chi connectivity index (χ4v) is 1.12. The Morgan fingerprint density at radius 2 is 2.19 bits per heavy atom. The maximum absolute atomic E-state index is 12.6. The van der Waals surface area contributed by atoms with Crippen molar-refractivity contribution in [2.45, 2.75) is 19.2 Å². The molecule has 4 nitrogen and oxygen atoms in total. The number of ether oxygens (including phenoxy) is 1. The number of esters is 1. The van der Waals surface area contributed by atoms with E-state index in [0.29, 0.717) is 0 Å². The zero-order valence-electron chi connectivity index (χ0n) is 8.28. The van der Waals surface area contributed by atoms with Crippen LogP contribution in [0.1, 0.15) is 18.6 Å². The zero-order chi connectivity index (χ0) is 12.3. The average molecular weight is 234 g/mol. The summed E-state index contributed by atoms with van der Waals surface area (Å²) < 4.78 is 41.9. The van der Waals surface area contributed by atoms with E-state index in [1.165, 1.54) is 0 Å². The van der Waals surface area contributed by atoms with Crippen molar-refractivity contribution in [3.63, 3.8) is 0 Å². The van der Waals surface area contributed by atoms with E-state index in [9.17, 15) is 18.0 Å². The molecule has 0 saturated heterocycles. The second-order valence-corrected chi connectivity index (χ2v) is 3.05. The molecule has 16 heavy (non-hydrogen) atoms. The number of carbonyl (C=O) groups is 1. The number of nitrogens with two attached hydrogens (primary N) is 1. The number of aromatic nitrogens is 1. The Bertz CT molecular complexity index is 393. The van der Waals surface area contributed by atoms with Crippen LogP contribution < -0.4 is 5.73 Å². The Morgan fingerprint density at radius 1 is 1.56 bits per heavy atom. The van der Waals surface area contributed by atoms with Crippen molar-refractivity contribution in [3.8, 4) is 0 Å². The third-order valence-corrected chi connectivity index (χ3v) is 1.69. The average Bonchev–Trinajstić information content (AvgIpc) is 2.12. The van der Waals surface area contributed by atoms with Gasteiger partial charge in [-0.05, 0) is 12.1 Å². The number of anilines is 1. The molecule has 2 N–H and O–H groups in total. The summed E-state index contributed by atoms with van der Waals surface area (Å²) in [7, 11) is 0. The number of hydrogen-bond donors (Lipinski definition) is 1. The molecule has 1 aromatic rings. The number of rotatable bonds is 2. The molecule has 0 bridgehead atoms. The summed E-state index contributed by atoms with van der Waals surface area (Å²) in [6.45, 7) is 0.906. The number of nitrogens with zero attached hydrogens (tertiary/aromatic N) is 1. The van der Waals surface area contributed by atoms with Crippen molar-refractivity contribution in [2.75, 3.05) is 5.73 Å². The lowest BCUT2D eigenvalue weighted by Crippen LogP contribution is -2.25. The molecular formula is C9H9F3N2O2. The van der Waals surface area contributed by atoms with Gasteiger partial charge in [-0.25, -0.2) is 4.98 Å². The molecule has 0 saturated carbocycles. The number of carbonyl (C=O) groups excluding carboxylic acids is 1. The molecule has 0 spiro atoms. The largest absolute Gasteiger partial charge is 0.448 e. The highest BCUT2D eigenvalue weighted by molar-refractivity contribution is 5.66. The van der Waals surface area contributed by atoms with Gasteiger partial charge in [0.25, 0.3) is 0 Å². The fourth-order valence-electron chi connectivity index (χ4n) is 1.12. The fraction of sp³-hybridized carbons (Fsp3) is 0.333. The maximum Gasteiger partial charge on any atom is 0.429 e. The van der Waals surface area contributed by atoms with Crippen LogP contribution in [0, 0.1) is 0 Å². The number of nitrogen functional groups attached to an aromatic ring is 1. The van der Waals surface area contributed by atoms with Gasteiger partial charge in [0.1, 0.15) is 5.82 Å². The van der Waals surface area contributed by atoms with Crippen LogP contribution in [0.2, 0.25) is 0 Å². The van der Waals surface area contributed by atoms with E-state index >= 15 is 0 Å². The standard InChI is InChI=1S/C9H9F3N2O2/c1-5(15)16-8(9(10,11)12)6-2-3-14-7(13)4-6/h2-4,8H,1H3,(H2,13,14)/t8-/m0/s1. The molecular weight excluding hydrogens is 225 g/mol. The quantitative estimate of drug-likeness (QED) is 0.793. The summed E-state index contributed by atoms with van der Waals surface area (Å²) in [6, 6.07) is 2.11. The summed E-state index contributed by atoms with van der Waals surface area (Å²) >= 11 is 0. The SMILES string of the molecule is CC(=O)O[C@@H](c1ccnc(N)c1)C(F)(F)F. The molecule has 0 aromatic carbocycles. The van der Waals surface area contributed by atoms with Crippen LogP contribution in [-0.2, 0) is 9.53 Å². The van der Waals surface area contributed by atoms with Gasteiger partial charge in [-0.3, -0.25) is 4.79 Å². The summed E-state index contributed by atoms with van der Waals surface area (Å²) in [4.78, 5) is 14.1. The first kappa shape index (κ1) is 12.3. The van der Waals surface area contributed by atoms with Crippen molar-refractivity contribution in [3.05, 3.63) is 23.9 Å². The van der Waals surface area contributed by atoms with E-state index in [2.05, 4.69) is 9.72 Å². The normalized spacial score (nSPS) is 13.2. The number of alkyl halides is 3. The Labute approximate surface area is 89.2 Å². The Morgan fingerprint density at radius 3 is 2.62 bits per heavy atom. The zero-order valence-corrected chi connectivity index (χ0v) is 8.28. The lowest BCUT2D eigenvalue weighted by Gasteiger charge is -2.20. The predicted molar refractivity (Wildman–Crippen MR) is 49.2 cm³/mol. The summed E-state index contributed by atoms with van der Waals surface area (Å²) in [6.07, 6.45) is -5.87. The minimum Gasteiger partial charge on any atom is -0.448 e. The topological polar surface area (TPSA) is 65.2 Å². The van der Waals surface area contributed by atoms with Gasteiger partial charge in [-0.15, -0.1) is 0 Å².